The fraction of sp³-hybridized carbons (Fsp3) is 0. The van der Waals surface area contributed by atoms with E-state index in [1.54, 1.807) is 6.07 Å². The molecule has 104 valence electrons. The number of rotatable bonds is 4. The third kappa shape index (κ3) is 3.24. The van der Waals surface area contributed by atoms with Crippen LogP contribution in [0.15, 0.2) is 39.1 Å². The molecule has 0 bridgehead atoms. The Morgan fingerprint density at radius 2 is 2.10 bits per heavy atom. The molecule has 0 unspecified atom stereocenters. The van der Waals surface area contributed by atoms with Crippen LogP contribution in [0.4, 0.5) is 17.2 Å². The van der Waals surface area contributed by atoms with Crippen LogP contribution in [0, 0.1) is 10.1 Å². The summed E-state index contributed by atoms with van der Waals surface area (Å²) in [6.45, 7) is 0. The maximum Gasteiger partial charge on any atom is 0.272 e. The summed E-state index contributed by atoms with van der Waals surface area (Å²) in [6, 6.07) is 5.36. The number of hydrogen-bond acceptors (Lipinski definition) is 8. The molecule has 0 radical (unpaired) electrons. The van der Waals surface area contributed by atoms with Gasteiger partial charge in [-0.1, -0.05) is 11.8 Å². The molecule has 0 fully saturated rings. The van der Waals surface area contributed by atoms with Crippen LogP contribution in [0.5, 0.6) is 0 Å². The van der Waals surface area contributed by atoms with Gasteiger partial charge in [0, 0.05) is 23.1 Å². The maximum atomic E-state index is 11.3. The van der Waals surface area contributed by atoms with Crippen LogP contribution >= 0.6 is 11.8 Å². The molecule has 0 saturated heterocycles. The number of nitrogen functional groups attached to an aromatic ring is 2. The van der Waals surface area contributed by atoms with Crippen LogP contribution in [0.25, 0.3) is 0 Å². The molecule has 2 rings (SSSR count). The Balaban J connectivity index is 2.39. The van der Waals surface area contributed by atoms with E-state index in [9.17, 15) is 14.9 Å². The Morgan fingerprint density at radius 3 is 2.70 bits per heavy atom. The summed E-state index contributed by atoms with van der Waals surface area (Å²) in [6.07, 6.45) is 0. The molecule has 0 saturated carbocycles. The monoisotopic (exact) mass is 294 g/mol. The minimum Gasteiger partial charge on any atom is -0.383 e. The van der Waals surface area contributed by atoms with Gasteiger partial charge >= 0.3 is 0 Å². The van der Waals surface area contributed by atoms with Crippen LogP contribution in [0.1, 0.15) is 0 Å². The SMILES string of the molecule is NNc1cc(Sc2nc(N)cc(=O)[nH]2)cc([N+](=O)[O-])c1. The molecular formula is C10H10N6O3S. The molecule has 0 aliphatic rings. The number of nitro groups is 1. The number of nitrogens with one attached hydrogen (secondary N) is 2. The Morgan fingerprint density at radius 1 is 1.35 bits per heavy atom. The fourth-order valence-corrected chi connectivity index (χ4v) is 2.34. The predicted octanol–water partition coefficient (Wildman–Crippen LogP) is 0.697. The number of aromatic amines is 1. The van der Waals surface area contributed by atoms with E-state index in [0.29, 0.717) is 10.6 Å². The van der Waals surface area contributed by atoms with E-state index in [0.717, 1.165) is 17.8 Å². The van der Waals surface area contributed by atoms with Crippen molar-refractivity contribution in [3.05, 3.63) is 44.7 Å². The summed E-state index contributed by atoms with van der Waals surface area (Å²) in [4.78, 5) is 28.4. The number of nitrogens with two attached hydrogens (primary N) is 2. The predicted molar refractivity (Wildman–Crippen MR) is 74.3 cm³/mol. The summed E-state index contributed by atoms with van der Waals surface area (Å²) < 4.78 is 0. The number of hydrazine groups is 1. The van der Waals surface area contributed by atoms with Crippen LogP contribution in [0.2, 0.25) is 0 Å². The summed E-state index contributed by atoms with van der Waals surface area (Å²) in [5.41, 5.74) is 7.64. The number of aromatic nitrogens is 2. The largest absolute Gasteiger partial charge is 0.383 e. The minimum absolute atomic E-state index is 0.0684. The first-order valence-corrected chi connectivity index (χ1v) is 6.10. The molecule has 1 aromatic carbocycles. The highest BCUT2D eigenvalue weighted by molar-refractivity contribution is 7.99. The summed E-state index contributed by atoms with van der Waals surface area (Å²) in [7, 11) is 0. The zero-order valence-electron chi connectivity index (χ0n) is 9.99. The van der Waals surface area contributed by atoms with Gasteiger partial charge in [-0.05, 0) is 6.07 Å². The van der Waals surface area contributed by atoms with Gasteiger partial charge in [0.2, 0.25) is 0 Å². The van der Waals surface area contributed by atoms with Crippen molar-refractivity contribution in [2.75, 3.05) is 11.2 Å². The Kier molecular flexibility index (Phi) is 3.86. The normalized spacial score (nSPS) is 10.2. The van der Waals surface area contributed by atoms with E-state index in [2.05, 4.69) is 15.4 Å². The van der Waals surface area contributed by atoms with E-state index in [1.165, 1.54) is 12.1 Å². The Hall–Kier alpha value is -2.59. The van der Waals surface area contributed by atoms with E-state index >= 15 is 0 Å². The second-order valence-corrected chi connectivity index (χ2v) is 4.76. The van der Waals surface area contributed by atoms with Crippen molar-refractivity contribution in [2.24, 2.45) is 5.84 Å². The third-order valence-corrected chi connectivity index (χ3v) is 3.08. The van der Waals surface area contributed by atoms with E-state index in [4.69, 9.17) is 11.6 Å². The molecule has 0 aliphatic carbocycles. The lowest BCUT2D eigenvalue weighted by Gasteiger charge is -2.05. The number of nitro benzene ring substituents is 1. The van der Waals surface area contributed by atoms with Crippen molar-refractivity contribution < 1.29 is 4.92 Å². The zero-order chi connectivity index (χ0) is 14.7. The van der Waals surface area contributed by atoms with Gasteiger partial charge in [0.15, 0.2) is 5.16 Å². The Bertz CT molecular complexity index is 716. The number of nitrogens with zero attached hydrogens (tertiary/aromatic N) is 2. The van der Waals surface area contributed by atoms with Gasteiger partial charge in [-0.2, -0.15) is 0 Å². The number of benzene rings is 1. The molecule has 20 heavy (non-hydrogen) atoms. The summed E-state index contributed by atoms with van der Waals surface area (Å²) in [5, 5.41) is 11.1. The second kappa shape index (κ2) is 5.59. The lowest BCUT2D eigenvalue weighted by molar-refractivity contribution is -0.385. The van der Waals surface area contributed by atoms with E-state index in [1.807, 2.05) is 0 Å². The number of H-pyrrole nitrogens is 1. The molecule has 0 aliphatic heterocycles. The average molecular weight is 294 g/mol. The quantitative estimate of drug-likeness (QED) is 0.278. The average Bonchev–Trinajstić information content (AvgIpc) is 2.36. The van der Waals surface area contributed by atoms with Crippen molar-refractivity contribution in [2.45, 2.75) is 10.1 Å². The fourth-order valence-electron chi connectivity index (χ4n) is 1.44. The van der Waals surface area contributed by atoms with Crippen molar-refractivity contribution in [3.8, 4) is 0 Å². The minimum atomic E-state index is -0.541. The summed E-state index contributed by atoms with van der Waals surface area (Å²) >= 11 is 1.03. The molecule has 2 aromatic rings. The van der Waals surface area contributed by atoms with Crippen LogP contribution < -0.4 is 22.6 Å². The van der Waals surface area contributed by atoms with Crippen molar-refractivity contribution in [3.63, 3.8) is 0 Å². The van der Waals surface area contributed by atoms with Gasteiger partial charge in [0.05, 0.1) is 10.6 Å². The molecule has 0 amide bonds. The molecule has 6 N–H and O–H groups in total. The second-order valence-electron chi connectivity index (χ2n) is 3.69. The van der Waals surface area contributed by atoms with Crippen molar-refractivity contribution >= 4 is 29.0 Å². The molecule has 0 spiro atoms. The molecule has 0 atom stereocenters. The van der Waals surface area contributed by atoms with Crippen LogP contribution in [0.3, 0.4) is 0 Å². The highest BCUT2D eigenvalue weighted by Gasteiger charge is 2.11. The zero-order valence-corrected chi connectivity index (χ0v) is 10.8. The van der Waals surface area contributed by atoms with Gasteiger partial charge in [0.25, 0.3) is 11.2 Å². The highest BCUT2D eigenvalue weighted by atomic mass is 32.2. The first-order valence-electron chi connectivity index (χ1n) is 5.29. The third-order valence-electron chi connectivity index (χ3n) is 2.22. The highest BCUT2D eigenvalue weighted by Crippen LogP contribution is 2.30. The van der Waals surface area contributed by atoms with E-state index in [-0.39, 0.29) is 16.7 Å². The number of non-ortho nitro benzene ring substituents is 1. The van der Waals surface area contributed by atoms with Crippen LogP contribution in [-0.4, -0.2) is 14.9 Å². The molecule has 1 heterocycles. The molecule has 1 aromatic heterocycles. The van der Waals surface area contributed by atoms with E-state index < -0.39 is 10.5 Å². The molecule has 9 nitrogen and oxygen atoms in total. The lowest BCUT2D eigenvalue weighted by atomic mass is 10.3. The van der Waals surface area contributed by atoms with Gasteiger partial charge in [-0.25, -0.2) is 4.98 Å². The van der Waals surface area contributed by atoms with Gasteiger partial charge < -0.3 is 16.1 Å². The maximum absolute atomic E-state index is 11.3. The topological polar surface area (TPSA) is 153 Å². The van der Waals surface area contributed by atoms with Crippen molar-refractivity contribution in [1.29, 1.82) is 0 Å². The standard InChI is InChI=1S/C10H10N6O3S/c11-8-4-9(17)14-10(13-8)20-7-2-5(15-12)1-6(3-7)16(18)19/h1-4,15H,12H2,(H3,11,13,14,17). The van der Waals surface area contributed by atoms with Crippen molar-refractivity contribution in [1.82, 2.24) is 9.97 Å². The Labute approximate surface area is 116 Å². The smallest absolute Gasteiger partial charge is 0.272 e. The number of anilines is 2. The summed E-state index contributed by atoms with van der Waals surface area (Å²) in [5.74, 6) is 5.32. The van der Waals surface area contributed by atoms with Gasteiger partial charge in [0.1, 0.15) is 5.82 Å². The van der Waals surface area contributed by atoms with Gasteiger partial charge in [-0.15, -0.1) is 0 Å². The first-order chi connectivity index (χ1) is 9.47. The molecule has 10 heteroatoms. The van der Waals surface area contributed by atoms with Crippen LogP contribution in [-0.2, 0) is 0 Å². The van der Waals surface area contributed by atoms with Gasteiger partial charge in [-0.3, -0.25) is 20.8 Å². The lowest BCUT2D eigenvalue weighted by Crippen LogP contribution is -2.09. The first kappa shape index (κ1) is 13.8. The molecular weight excluding hydrogens is 284 g/mol. The number of hydrogen-bond donors (Lipinski definition) is 4.